The fourth-order valence-corrected chi connectivity index (χ4v) is 7.05. The molecule has 0 aromatic carbocycles. The summed E-state index contributed by atoms with van der Waals surface area (Å²) in [6.45, 7) is 12.8. The van der Waals surface area contributed by atoms with Gasteiger partial charge in [-0.1, -0.05) is 50.3 Å². The van der Waals surface area contributed by atoms with Gasteiger partial charge in [-0.05, 0) is 99.5 Å². The highest BCUT2D eigenvalue weighted by molar-refractivity contribution is 5.38. The van der Waals surface area contributed by atoms with Crippen LogP contribution in [0, 0.1) is 29.1 Å². The Kier molecular flexibility index (Phi) is 9.06. The van der Waals surface area contributed by atoms with Gasteiger partial charge in [-0.2, -0.15) is 0 Å². The monoisotopic (exact) mass is 472 g/mol. The van der Waals surface area contributed by atoms with E-state index >= 15 is 0 Å². The topological polar surface area (TPSA) is 80.9 Å². The van der Waals surface area contributed by atoms with Gasteiger partial charge >= 0.3 is 0 Å². The highest BCUT2D eigenvalue weighted by Crippen LogP contribution is 2.59. The van der Waals surface area contributed by atoms with Gasteiger partial charge in [0, 0.05) is 18.9 Å². The summed E-state index contributed by atoms with van der Waals surface area (Å²) in [6, 6.07) is 0. The van der Waals surface area contributed by atoms with Crippen molar-refractivity contribution in [2.24, 2.45) is 29.1 Å². The molecule has 0 unspecified atom stereocenters. The first-order chi connectivity index (χ1) is 16.0. The fourth-order valence-electron chi connectivity index (χ4n) is 7.05. The lowest BCUT2D eigenvalue weighted by Gasteiger charge is -2.44. The Labute approximate surface area is 207 Å². The summed E-state index contributed by atoms with van der Waals surface area (Å²) in [7, 11) is 0. The van der Waals surface area contributed by atoms with Crippen LogP contribution >= 0.6 is 0 Å². The van der Waals surface area contributed by atoms with E-state index < -0.39 is 17.8 Å². The van der Waals surface area contributed by atoms with E-state index in [0.717, 1.165) is 24.0 Å². The standard InChI is InChI=1S/C30H48O4/c1-20(10-13-24(9-7-17-31)29(3,4)34)26-14-15-27-22(8-6-16-30(26,27)5)11-12-23-18-25(32)19-28(33)21(23)2/h10-13,20,24-28,31-34H,2,6-9,14-19H2,1,3-5H3/b13-10+,22-11+,23-12-/t20-,24+,25-,26-,27+,28+,30-/m1/s1. The van der Waals surface area contributed by atoms with Crippen molar-refractivity contribution < 1.29 is 20.4 Å². The minimum absolute atomic E-state index is 0.0508. The normalized spacial score (nSPS) is 36.9. The molecule has 3 saturated carbocycles. The molecule has 4 N–H and O–H groups in total. The van der Waals surface area contributed by atoms with Gasteiger partial charge < -0.3 is 20.4 Å². The summed E-state index contributed by atoms with van der Waals surface area (Å²) in [6.07, 6.45) is 16.2. The van der Waals surface area contributed by atoms with E-state index in [-0.39, 0.29) is 17.9 Å². The van der Waals surface area contributed by atoms with Crippen LogP contribution in [0.5, 0.6) is 0 Å². The lowest BCUT2D eigenvalue weighted by molar-refractivity contribution is 0.0307. The highest BCUT2D eigenvalue weighted by atomic mass is 16.3. The first-order valence-electron chi connectivity index (χ1n) is 13.4. The van der Waals surface area contributed by atoms with Gasteiger partial charge in [-0.25, -0.2) is 0 Å². The van der Waals surface area contributed by atoms with Gasteiger partial charge in [0.2, 0.25) is 0 Å². The second-order valence-corrected chi connectivity index (χ2v) is 12.0. The van der Waals surface area contributed by atoms with E-state index in [9.17, 15) is 20.4 Å². The maximum atomic E-state index is 10.6. The molecule has 4 nitrogen and oxygen atoms in total. The first-order valence-corrected chi connectivity index (χ1v) is 13.4. The summed E-state index contributed by atoms with van der Waals surface area (Å²) in [4.78, 5) is 0. The molecule has 0 aromatic heterocycles. The molecule has 3 fully saturated rings. The zero-order valence-corrected chi connectivity index (χ0v) is 21.8. The molecule has 7 atom stereocenters. The quantitative estimate of drug-likeness (QED) is 0.353. The SMILES string of the molecule is C=C1/C(=C\C=C2/CCC[C@]3(C)[C@@H]([C@H](C)/C=C/[C@H](CCCO)C(C)(C)O)CC[C@@H]23)C[C@@H](O)C[C@@H]1O. The maximum absolute atomic E-state index is 10.6. The second kappa shape index (κ2) is 11.2. The van der Waals surface area contributed by atoms with Crippen LogP contribution in [0.15, 0.2) is 47.6 Å². The molecule has 0 bridgehead atoms. The molecular weight excluding hydrogens is 424 g/mol. The predicted octanol–water partition coefficient (Wildman–Crippen LogP) is 5.48. The van der Waals surface area contributed by atoms with E-state index in [0.29, 0.717) is 37.0 Å². The number of aliphatic hydroxyl groups excluding tert-OH is 3. The summed E-state index contributed by atoms with van der Waals surface area (Å²) in [5.41, 5.74) is 2.74. The van der Waals surface area contributed by atoms with Crippen LogP contribution in [-0.4, -0.2) is 44.8 Å². The molecule has 0 radical (unpaired) electrons. The van der Waals surface area contributed by atoms with E-state index in [2.05, 4.69) is 44.7 Å². The zero-order chi connectivity index (χ0) is 25.1. The van der Waals surface area contributed by atoms with Crippen LogP contribution in [0.2, 0.25) is 0 Å². The van der Waals surface area contributed by atoms with Gasteiger partial charge in [0.05, 0.1) is 17.8 Å². The van der Waals surface area contributed by atoms with Crippen molar-refractivity contribution in [3.8, 4) is 0 Å². The molecule has 4 heteroatoms. The molecule has 3 rings (SSSR count). The minimum atomic E-state index is -0.786. The van der Waals surface area contributed by atoms with Crippen LogP contribution in [0.4, 0.5) is 0 Å². The molecule has 0 heterocycles. The first kappa shape index (κ1) is 27.4. The third-order valence-corrected chi connectivity index (χ3v) is 9.16. The van der Waals surface area contributed by atoms with Crippen molar-refractivity contribution in [3.63, 3.8) is 0 Å². The lowest BCUT2D eigenvalue weighted by Crippen LogP contribution is -2.35. The summed E-state index contributed by atoms with van der Waals surface area (Å²) in [5.74, 6) is 1.67. The van der Waals surface area contributed by atoms with Crippen LogP contribution < -0.4 is 0 Å². The van der Waals surface area contributed by atoms with Gasteiger partial charge in [-0.15, -0.1) is 0 Å². The fraction of sp³-hybridized carbons (Fsp3) is 0.733. The number of hydrogen-bond acceptors (Lipinski definition) is 4. The Hall–Kier alpha value is -1.20. The van der Waals surface area contributed by atoms with Gasteiger partial charge in [0.1, 0.15) is 0 Å². The zero-order valence-electron chi connectivity index (χ0n) is 21.8. The van der Waals surface area contributed by atoms with E-state index in [1.165, 1.54) is 31.3 Å². The number of allylic oxidation sites excluding steroid dienone is 4. The van der Waals surface area contributed by atoms with Crippen LogP contribution in [0.1, 0.15) is 85.5 Å². The third kappa shape index (κ3) is 6.13. The Morgan fingerprint density at radius 2 is 1.91 bits per heavy atom. The van der Waals surface area contributed by atoms with Crippen LogP contribution in [0.25, 0.3) is 0 Å². The van der Waals surface area contributed by atoms with E-state index in [1.54, 1.807) is 0 Å². The molecular formula is C30H48O4. The molecule has 3 aliphatic rings. The Morgan fingerprint density at radius 3 is 2.59 bits per heavy atom. The second-order valence-electron chi connectivity index (χ2n) is 12.0. The molecule has 3 aliphatic carbocycles. The third-order valence-electron chi connectivity index (χ3n) is 9.16. The number of aliphatic hydroxyl groups is 4. The van der Waals surface area contributed by atoms with Gasteiger partial charge in [0.25, 0.3) is 0 Å². The number of fused-ring (bicyclic) bond motifs is 1. The average molecular weight is 473 g/mol. The van der Waals surface area contributed by atoms with Gasteiger partial charge in [0.15, 0.2) is 0 Å². The van der Waals surface area contributed by atoms with Crippen molar-refractivity contribution in [1.29, 1.82) is 0 Å². The van der Waals surface area contributed by atoms with Crippen molar-refractivity contribution in [2.45, 2.75) is 103 Å². The van der Waals surface area contributed by atoms with Crippen LogP contribution in [0.3, 0.4) is 0 Å². The molecule has 34 heavy (non-hydrogen) atoms. The van der Waals surface area contributed by atoms with Crippen molar-refractivity contribution in [2.75, 3.05) is 6.61 Å². The Morgan fingerprint density at radius 1 is 1.18 bits per heavy atom. The van der Waals surface area contributed by atoms with Crippen LogP contribution in [-0.2, 0) is 0 Å². The lowest BCUT2D eigenvalue weighted by atomic mass is 9.61. The number of hydrogen-bond donors (Lipinski definition) is 4. The minimum Gasteiger partial charge on any atom is -0.396 e. The van der Waals surface area contributed by atoms with Gasteiger partial charge in [-0.3, -0.25) is 0 Å². The largest absolute Gasteiger partial charge is 0.396 e. The maximum Gasteiger partial charge on any atom is 0.0811 e. The average Bonchev–Trinajstić information content (AvgIpc) is 3.11. The molecule has 0 aliphatic heterocycles. The van der Waals surface area contributed by atoms with Crippen molar-refractivity contribution in [3.05, 3.63) is 47.6 Å². The highest BCUT2D eigenvalue weighted by Gasteiger charge is 2.50. The molecule has 0 spiro atoms. The molecule has 0 saturated heterocycles. The number of rotatable bonds is 8. The van der Waals surface area contributed by atoms with E-state index in [1.807, 2.05) is 13.8 Å². The summed E-state index contributed by atoms with van der Waals surface area (Å²) >= 11 is 0. The summed E-state index contributed by atoms with van der Waals surface area (Å²) in [5, 5.41) is 40.1. The Balaban J connectivity index is 1.75. The molecule has 192 valence electrons. The Bertz CT molecular complexity index is 801. The van der Waals surface area contributed by atoms with E-state index in [4.69, 9.17) is 0 Å². The summed E-state index contributed by atoms with van der Waals surface area (Å²) < 4.78 is 0. The molecule has 0 aromatic rings. The predicted molar refractivity (Wildman–Crippen MR) is 139 cm³/mol. The molecule has 0 amide bonds. The van der Waals surface area contributed by atoms with Crippen molar-refractivity contribution in [1.82, 2.24) is 0 Å². The smallest absolute Gasteiger partial charge is 0.0811 e. The van der Waals surface area contributed by atoms with Crippen molar-refractivity contribution >= 4 is 0 Å².